The molecule has 2 aromatic rings. The van der Waals surface area contributed by atoms with Crippen LogP contribution in [0.2, 0.25) is 10.0 Å². The zero-order valence-electron chi connectivity index (χ0n) is 19.1. The molecule has 0 atom stereocenters. The van der Waals surface area contributed by atoms with Crippen LogP contribution in [0.1, 0.15) is 50.5 Å². The monoisotopic (exact) mass is 479 g/mol. The summed E-state index contributed by atoms with van der Waals surface area (Å²) in [6, 6.07) is 10.5. The number of rotatable bonds is 9. The van der Waals surface area contributed by atoms with Crippen LogP contribution in [-0.2, 0) is 11.3 Å². The molecular formula is C24H31Cl2N3O3. The van der Waals surface area contributed by atoms with Crippen LogP contribution in [0, 0.1) is 5.92 Å². The van der Waals surface area contributed by atoms with Crippen LogP contribution in [-0.4, -0.2) is 30.5 Å². The Hall–Kier alpha value is -2.44. The summed E-state index contributed by atoms with van der Waals surface area (Å²) < 4.78 is 5.73. The standard InChI is InChI=1S/C24H31Cl2N3O3/c1-15(2)12-28-23(31)16-7-6-8-19(10-16)27-13-17-9-18(25)11-20(26)22(17)32-14-21(30)29-24(3,4)5/h6-11,15,27H,12-14H2,1-5H3,(H,28,31)(H,29,30). The summed E-state index contributed by atoms with van der Waals surface area (Å²) in [6.07, 6.45) is 0. The van der Waals surface area contributed by atoms with Gasteiger partial charge < -0.3 is 20.7 Å². The summed E-state index contributed by atoms with van der Waals surface area (Å²) >= 11 is 12.5. The highest BCUT2D eigenvalue weighted by molar-refractivity contribution is 6.35. The molecule has 0 spiro atoms. The smallest absolute Gasteiger partial charge is 0.258 e. The zero-order chi connectivity index (χ0) is 23.9. The van der Waals surface area contributed by atoms with Gasteiger partial charge in [0, 0.05) is 40.5 Å². The lowest BCUT2D eigenvalue weighted by Gasteiger charge is -2.21. The molecule has 6 nitrogen and oxygen atoms in total. The number of carbonyl (C=O) groups is 2. The highest BCUT2D eigenvalue weighted by Gasteiger charge is 2.17. The average molecular weight is 480 g/mol. The predicted octanol–water partition coefficient (Wildman–Crippen LogP) is 5.28. The van der Waals surface area contributed by atoms with Crippen LogP contribution < -0.4 is 20.7 Å². The van der Waals surface area contributed by atoms with Gasteiger partial charge >= 0.3 is 0 Å². The summed E-state index contributed by atoms with van der Waals surface area (Å²) in [5, 5.41) is 9.79. The van der Waals surface area contributed by atoms with E-state index in [1.807, 2.05) is 46.8 Å². The van der Waals surface area contributed by atoms with E-state index in [1.54, 1.807) is 24.3 Å². The molecule has 3 N–H and O–H groups in total. The maximum absolute atomic E-state index is 12.3. The van der Waals surface area contributed by atoms with Gasteiger partial charge in [0.15, 0.2) is 6.61 Å². The highest BCUT2D eigenvalue weighted by Crippen LogP contribution is 2.33. The third-order valence-electron chi connectivity index (χ3n) is 4.23. The largest absolute Gasteiger partial charge is 0.482 e. The van der Waals surface area contributed by atoms with Gasteiger partial charge in [-0.2, -0.15) is 0 Å². The molecule has 0 unspecified atom stereocenters. The number of anilines is 1. The molecule has 0 saturated heterocycles. The zero-order valence-corrected chi connectivity index (χ0v) is 20.7. The number of hydrogen-bond acceptors (Lipinski definition) is 4. The molecule has 32 heavy (non-hydrogen) atoms. The Morgan fingerprint density at radius 2 is 1.81 bits per heavy atom. The third-order valence-corrected chi connectivity index (χ3v) is 4.72. The summed E-state index contributed by atoms with van der Waals surface area (Å²) in [6.45, 7) is 10.6. The van der Waals surface area contributed by atoms with E-state index in [9.17, 15) is 9.59 Å². The van der Waals surface area contributed by atoms with Crippen molar-refractivity contribution in [3.05, 3.63) is 57.6 Å². The minimum Gasteiger partial charge on any atom is -0.482 e. The van der Waals surface area contributed by atoms with Gasteiger partial charge in [-0.1, -0.05) is 43.1 Å². The molecule has 2 aromatic carbocycles. The molecule has 0 heterocycles. The number of carbonyl (C=O) groups excluding carboxylic acids is 2. The lowest BCUT2D eigenvalue weighted by atomic mass is 10.1. The van der Waals surface area contributed by atoms with Crippen LogP contribution in [0.3, 0.4) is 0 Å². The van der Waals surface area contributed by atoms with Crippen molar-refractivity contribution in [2.24, 2.45) is 5.92 Å². The number of ether oxygens (including phenoxy) is 1. The molecule has 2 rings (SSSR count). The molecule has 0 aliphatic heterocycles. The minimum absolute atomic E-state index is 0.123. The fraction of sp³-hybridized carbons (Fsp3) is 0.417. The van der Waals surface area contributed by atoms with Crippen molar-refractivity contribution < 1.29 is 14.3 Å². The van der Waals surface area contributed by atoms with E-state index in [1.165, 1.54) is 0 Å². The first-order chi connectivity index (χ1) is 14.9. The minimum atomic E-state index is -0.360. The first-order valence-corrected chi connectivity index (χ1v) is 11.2. The first kappa shape index (κ1) is 25.8. The molecule has 0 aliphatic carbocycles. The Bertz CT molecular complexity index is 956. The fourth-order valence-corrected chi connectivity index (χ4v) is 3.46. The molecule has 0 aromatic heterocycles. The second-order valence-corrected chi connectivity index (χ2v) is 9.84. The van der Waals surface area contributed by atoms with Crippen molar-refractivity contribution >= 4 is 40.7 Å². The Morgan fingerprint density at radius 1 is 1.09 bits per heavy atom. The molecule has 0 aliphatic rings. The van der Waals surface area contributed by atoms with E-state index < -0.39 is 0 Å². The van der Waals surface area contributed by atoms with Gasteiger partial charge in [-0.25, -0.2) is 0 Å². The van der Waals surface area contributed by atoms with E-state index in [2.05, 4.69) is 16.0 Å². The second kappa shape index (κ2) is 11.4. The predicted molar refractivity (Wildman–Crippen MR) is 131 cm³/mol. The average Bonchev–Trinajstić information content (AvgIpc) is 2.68. The summed E-state index contributed by atoms with van der Waals surface area (Å²) in [7, 11) is 0. The highest BCUT2D eigenvalue weighted by atomic mass is 35.5. The third kappa shape index (κ3) is 8.60. The van der Waals surface area contributed by atoms with Gasteiger partial charge in [0.25, 0.3) is 11.8 Å². The molecular weight excluding hydrogens is 449 g/mol. The SMILES string of the molecule is CC(C)CNC(=O)c1cccc(NCc2cc(Cl)cc(Cl)c2OCC(=O)NC(C)(C)C)c1. The maximum atomic E-state index is 12.3. The van der Waals surface area contributed by atoms with Crippen molar-refractivity contribution in [2.75, 3.05) is 18.5 Å². The normalized spacial score (nSPS) is 11.2. The number of benzene rings is 2. The van der Waals surface area contributed by atoms with Crippen molar-refractivity contribution in [1.82, 2.24) is 10.6 Å². The number of halogens is 2. The van der Waals surface area contributed by atoms with E-state index >= 15 is 0 Å². The molecule has 174 valence electrons. The maximum Gasteiger partial charge on any atom is 0.258 e. The van der Waals surface area contributed by atoms with Crippen molar-refractivity contribution in [1.29, 1.82) is 0 Å². The van der Waals surface area contributed by atoms with Crippen molar-refractivity contribution in [3.8, 4) is 5.75 Å². The van der Waals surface area contributed by atoms with Crippen LogP contribution in [0.4, 0.5) is 5.69 Å². The number of nitrogens with one attached hydrogen (secondary N) is 3. The van der Waals surface area contributed by atoms with Crippen LogP contribution in [0.15, 0.2) is 36.4 Å². The van der Waals surface area contributed by atoms with Gasteiger partial charge in [-0.3, -0.25) is 9.59 Å². The Morgan fingerprint density at radius 3 is 2.47 bits per heavy atom. The van der Waals surface area contributed by atoms with E-state index in [0.29, 0.717) is 45.9 Å². The topological polar surface area (TPSA) is 79.5 Å². The molecule has 8 heteroatoms. The van der Waals surface area contributed by atoms with Crippen LogP contribution >= 0.6 is 23.2 Å². The van der Waals surface area contributed by atoms with Crippen molar-refractivity contribution in [2.45, 2.75) is 46.7 Å². The Labute approximate surface area is 200 Å². The number of amides is 2. The molecule has 0 fully saturated rings. The Balaban J connectivity index is 2.10. The molecule has 2 amide bonds. The van der Waals surface area contributed by atoms with Crippen LogP contribution in [0.25, 0.3) is 0 Å². The van der Waals surface area contributed by atoms with Gasteiger partial charge in [-0.05, 0) is 57.0 Å². The molecule has 0 saturated carbocycles. The van der Waals surface area contributed by atoms with E-state index in [0.717, 1.165) is 5.69 Å². The second-order valence-electron chi connectivity index (χ2n) is 9.00. The first-order valence-electron chi connectivity index (χ1n) is 10.5. The van der Waals surface area contributed by atoms with E-state index in [4.69, 9.17) is 27.9 Å². The Kier molecular flexibility index (Phi) is 9.22. The van der Waals surface area contributed by atoms with E-state index in [-0.39, 0.29) is 24.0 Å². The van der Waals surface area contributed by atoms with Crippen LogP contribution in [0.5, 0.6) is 5.75 Å². The van der Waals surface area contributed by atoms with Gasteiger partial charge in [-0.15, -0.1) is 0 Å². The fourth-order valence-electron chi connectivity index (χ4n) is 2.87. The number of hydrogen-bond donors (Lipinski definition) is 3. The molecule has 0 radical (unpaired) electrons. The molecule has 0 bridgehead atoms. The van der Waals surface area contributed by atoms with Gasteiger partial charge in [0.05, 0.1) is 5.02 Å². The summed E-state index contributed by atoms with van der Waals surface area (Å²) in [4.78, 5) is 24.5. The summed E-state index contributed by atoms with van der Waals surface area (Å²) in [5.41, 5.74) is 1.66. The van der Waals surface area contributed by atoms with Crippen molar-refractivity contribution in [3.63, 3.8) is 0 Å². The quantitative estimate of drug-likeness (QED) is 0.456. The lowest BCUT2D eigenvalue weighted by Crippen LogP contribution is -2.43. The van der Waals surface area contributed by atoms with Gasteiger partial charge in [0.1, 0.15) is 5.75 Å². The van der Waals surface area contributed by atoms with Gasteiger partial charge in [0.2, 0.25) is 0 Å². The lowest BCUT2D eigenvalue weighted by molar-refractivity contribution is -0.124. The summed E-state index contributed by atoms with van der Waals surface area (Å²) in [5.74, 6) is 0.389.